The van der Waals surface area contributed by atoms with E-state index in [9.17, 15) is 18.3 Å². The van der Waals surface area contributed by atoms with Gasteiger partial charge in [0.25, 0.3) is 0 Å². The van der Waals surface area contributed by atoms with Crippen LogP contribution in [0, 0.1) is 6.92 Å². The predicted octanol–water partition coefficient (Wildman–Crippen LogP) is 0.896. The van der Waals surface area contributed by atoms with Gasteiger partial charge in [-0.3, -0.25) is 4.79 Å². The monoisotopic (exact) mass is 297 g/mol. The maximum Gasteiger partial charge on any atom is 0.227 e. The van der Waals surface area contributed by atoms with Crippen LogP contribution in [0.25, 0.3) is 0 Å². The molecule has 0 bridgehead atoms. The summed E-state index contributed by atoms with van der Waals surface area (Å²) in [5, 5.41) is 9.98. The molecular formula is C14H19NO4S. The lowest BCUT2D eigenvalue weighted by molar-refractivity contribution is -0.119. The minimum Gasteiger partial charge on any atom is -0.390 e. The van der Waals surface area contributed by atoms with Gasteiger partial charge in [0.1, 0.15) is 0 Å². The average molecular weight is 297 g/mol. The van der Waals surface area contributed by atoms with Gasteiger partial charge in [-0.15, -0.1) is 0 Å². The molecule has 2 rings (SSSR count). The fraction of sp³-hybridized carbons (Fsp3) is 0.500. The summed E-state index contributed by atoms with van der Waals surface area (Å²) in [5.41, 5.74) is 1.68. The van der Waals surface area contributed by atoms with Crippen LogP contribution >= 0.6 is 0 Å². The van der Waals surface area contributed by atoms with Crippen molar-refractivity contribution in [1.29, 1.82) is 0 Å². The van der Waals surface area contributed by atoms with Crippen LogP contribution in [-0.2, 0) is 14.6 Å². The van der Waals surface area contributed by atoms with Gasteiger partial charge in [0, 0.05) is 12.1 Å². The molecule has 1 aromatic rings. The number of hydrogen-bond acceptors (Lipinski definition) is 4. The molecule has 1 N–H and O–H groups in total. The number of benzene rings is 1. The Hall–Kier alpha value is -1.40. The van der Waals surface area contributed by atoms with Crippen LogP contribution in [0.3, 0.4) is 0 Å². The normalized spacial score (nSPS) is 24.6. The molecule has 1 aliphatic heterocycles. The molecule has 0 unspecified atom stereocenters. The molecule has 6 heteroatoms. The summed E-state index contributed by atoms with van der Waals surface area (Å²) < 4.78 is 23.3. The SMILES string of the molecule is CCC(=O)N(c1ccc(C)cc1)[C@@H]1CS(=O)(=O)C[C@H]1O. The second-order valence-electron chi connectivity index (χ2n) is 5.16. The molecule has 0 radical (unpaired) electrons. The zero-order chi connectivity index (χ0) is 14.9. The number of nitrogens with zero attached hydrogens (tertiary/aromatic N) is 1. The van der Waals surface area contributed by atoms with Crippen molar-refractivity contribution in [3.63, 3.8) is 0 Å². The second kappa shape index (κ2) is 5.54. The van der Waals surface area contributed by atoms with Crippen LogP contribution in [0.15, 0.2) is 24.3 Å². The molecule has 2 atom stereocenters. The maximum absolute atomic E-state index is 12.2. The lowest BCUT2D eigenvalue weighted by Gasteiger charge is -2.30. The number of sulfone groups is 1. The Morgan fingerprint density at radius 2 is 1.90 bits per heavy atom. The van der Waals surface area contributed by atoms with E-state index in [-0.39, 0.29) is 23.8 Å². The molecule has 110 valence electrons. The van der Waals surface area contributed by atoms with Gasteiger partial charge < -0.3 is 10.0 Å². The molecular weight excluding hydrogens is 278 g/mol. The molecule has 1 aromatic carbocycles. The molecule has 0 spiro atoms. The molecule has 1 heterocycles. The van der Waals surface area contributed by atoms with Gasteiger partial charge >= 0.3 is 0 Å². The zero-order valence-electron chi connectivity index (χ0n) is 11.6. The van der Waals surface area contributed by atoms with Gasteiger partial charge in [0.15, 0.2) is 9.84 Å². The summed E-state index contributed by atoms with van der Waals surface area (Å²) in [7, 11) is -3.29. The van der Waals surface area contributed by atoms with E-state index in [1.807, 2.05) is 19.1 Å². The van der Waals surface area contributed by atoms with Gasteiger partial charge in [-0.25, -0.2) is 8.42 Å². The summed E-state index contributed by atoms with van der Waals surface area (Å²) in [5.74, 6) is -0.653. The molecule has 1 fully saturated rings. The Balaban J connectivity index is 2.38. The minimum atomic E-state index is -3.29. The molecule has 0 aliphatic carbocycles. The first-order valence-corrected chi connectivity index (χ1v) is 8.43. The number of carbonyl (C=O) groups is 1. The number of rotatable bonds is 3. The summed E-state index contributed by atoms with van der Waals surface area (Å²) in [6, 6.07) is 6.58. The van der Waals surface area contributed by atoms with Gasteiger partial charge in [-0.05, 0) is 19.1 Å². The summed E-state index contributed by atoms with van der Waals surface area (Å²) in [6.45, 7) is 3.66. The van der Waals surface area contributed by atoms with Crippen molar-refractivity contribution in [3.05, 3.63) is 29.8 Å². The molecule has 0 aromatic heterocycles. The number of carbonyl (C=O) groups excluding carboxylic acids is 1. The Labute approximate surface area is 119 Å². The Morgan fingerprint density at radius 1 is 1.30 bits per heavy atom. The summed E-state index contributed by atoms with van der Waals surface area (Å²) >= 11 is 0. The highest BCUT2D eigenvalue weighted by molar-refractivity contribution is 7.91. The van der Waals surface area contributed by atoms with Crippen LogP contribution in [0.4, 0.5) is 5.69 Å². The Bertz CT molecular complexity index is 594. The largest absolute Gasteiger partial charge is 0.390 e. The van der Waals surface area contributed by atoms with E-state index in [1.54, 1.807) is 19.1 Å². The number of aliphatic hydroxyl groups is 1. The van der Waals surface area contributed by atoms with Crippen molar-refractivity contribution >= 4 is 21.4 Å². The summed E-state index contributed by atoms with van der Waals surface area (Å²) in [4.78, 5) is 13.6. The number of amides is 1. The second-order valence-corrected chi connectivity index (χ2v) is 7.32. The predicted molar refractivity (Wildman–Crippen MR) is 77.4 cm³/mol. The Morgan fingerprint density at radius 3 is 2.35 bits per heavy atom. The molecule has 1 saturated heterocycles. The highest BCUT2D eigenvalue weighted by atomic mass is 32.2. The van der Waals surface area contributed by atoms with Crippen molar-refractivity contribution in [2.24, 2.45) is 0 Å². The molecule has 5 nitrogen and oxygen atoms in total. The average Bonchev–Trinajstić information content (AvgIpc) is 2.65. The molecule has 0 saturated carbocycles. The highest BCUT2D eigenvalue weighted by Gasteiger charge is 2.42. The van der Waals surface area contributed by atoms with Crippen molar-refractivity contribution in [2.75, 3.05) is 16.4 Å². The third kappa shape index (κ3) is 3.02. The van der Waals surface area contributed by atoms with E-state index in [4.69, 9.17) is 0 Å². The van der Waals surface area contributed by atoms with Gasteiger partial charge in [0.05, 0.1) is 23.7 Å². The fourth-order valence-electron chi connectivity index (χ4n) is 2.45. The standard InChI is InChI=1S/C14H19NO4S/c1-3-14(17)15(11-6-4-10(2)5-7-11)12-8-20(18,19)9-13(12)16/h4-7,12-13,16H,3,8-9H2,1-2H3/t12-,13-/m1/s1. The Kier molecular flexibility index (Phi) is 4.15. The topological polar surface area (TPSA) is 74.7 Å². The first-order chi connectivity index (χ1) is 9.34. The lowest BCUT2D eigenvalue weighted by Crippen LogP contribution is -2.46. The van der Waals surface area contributed by atoms with Crippen LogP contribution in [0.2, 0.25) is 0 Å². The molecule has 20 heavy (non-hydrogen) atoms. The first kappa shape index (κ1) is 15.0. The third-order valence-corrected chi connectivity index (χ3v) is 5.21. The van der Waals surface area contributed by atoms with E-state index in [1.165, 1.54) is 4.90 Å². The number of aryl methyl sites for hydroxylation is 1. The number of anilines is 1. The van der Waals surface area contributed by atoms with E-state index in [0.717, 1.165) is 5.56 Å². The lowest BCUT2D eigenvalue weighted by atomic mass is 10.1. The third-order valence-electron chi connectivity index (χ3n) is 3.51. The molecule has 1 aliphatic rings. The van der Waals surface area contributed by atoms with Crippen LogP contribution in [0.5, 0.6) is 0 Å². The van der Waals surface area contributed by atoms with Crippen LogP contribution in [0.1, 0.15) is 18.9 Å². The van der Waals surface area contributed by atoms with Crippen molar-refractivity contribution in [2.45, 2.75) is 32.4 Å². The van der Waals surface area contributed by atoms with E-state index in [0.29, 0.717) is 5.69 Å². The number of aliphatic hydroxyl groups excluding tert-OH is 1. The highest BCUT2D eigenvalue weighted by Crippen LogP contribution is 2.26. The van der Waals surface area contributed by atoms with Gasteiger partial charge in [-0.1, -0.05) is 24.6 Å². The maximum atomic E-state index is 12.2. The van der Waals surface area contributed by atoms with Crippen LogP contribution < -0.4 is 4.90 Å². The number of hydrogen-bond donors (Lipinski definition) is 1. The smallest absolute Gasteiger partial charge is 0.227 e. The van der Waals surface area contributed by atoms with Crippen molar-refractivity contribution < 1.29 is 18.3 Å². The fourth-order valence-corrected chi connectivity index (χ4v) is 4.22. The van der Waals surface area contributed by atoms with E-state index in [2.05, 4.69) is 0 Å². The van der Waals surface area contributed by atoms with E-state index >= 15 is 0 Å². The van der Waals surface area contributed by atoms with Gasteiger partial charge in [0.2, 0.25) is 5.91 Å². The minimum absolute atomic E-state index is 0.185. The van der Waals surface area contributed by atoms with Gasteiger partial charge in [-0.2, -0.15) is 0 Å². The molecule has 1 amide bonds. The zero-order valence-corrected chi connectivity index (χ0v) is 12.4. The van der Waals surface area contributed by atoms with Crippen molar-refractivity contribution in [1.82, 2.24) is 0 Å². The quantitative estimate of drug-likeness (QED) is 0.899. The first-order valence-electron chi connectivity index (χ1n) is 6.61. The van der Waals surface area contributed by atoms with Crippen LogP contribution in [-0.4, -0.2) is 43.1 Å². The van der Waals surface area contributed by atoms with E-state index < -0.39 is 22.0 Å². The summed E-state index contributed by atoms with van der Waals surface area (Å²) in [6.07, 6.45) is -0.770. The van der Waals surface area contributed by atoms with Crippen molar-refractivity contribution in [3.8, 4) is 0 Å².